The van der Waals surface area contributed by atoms with Crippen LogP contribution in [0.4, 0.5) is 0 Å². The van der Waals surface area contributed by atoms with Gasteiger partial charge in [-0.1, -0.05) is 59.6 Å². The molecule has 0 saturated carbocycles. The topological polar surface area (TPSA) is 64.9 Å². The van der Waals surface area contributed by atoms with E-state index in [-0.39, 0.29) is 6.04 Å². The number of aromatic nitrogens is 2. The molecule has 0 amide bonds. The minimum absolute atomic E-state index is 0.189. The van der Waals surface area contributed by atoms with Crippen LogP contribution in [0.2, 0.25) is 0 Å². The third-order valence-corrected chi connectivity index (χ3v) is 4.11. The largest absolute Gasteiger partial charge is 0.338 e. The van der Waals surface area contributed by atoms with Crippen molar-refractivity contribution >= 4 is 15.9 Å². The molecule has 0 aliphatic rings. The van der Waals surface area contributed by atoms with Crippen LogP contribution in [0.25, 0.3) is 0 Å². The van der Waals surface area contributed by atoms with Crippen LogP contribution in [0.3, 0.4) is 0 Å². The quantitative estimate of drug-likeness (QED) is 0.914. The maximum Gasteiger partial charge on any atom is 0.243 e. The molecule has 4 nitrogen and oxygen atoms in total. The van der Waals surface area contributed by atoms with E-state index in [9.17, 15) is 0 Å². The van der Waals surface area contributed by atoms with Crippen LogP contribution in [0.1, 0.15) is 43.6 Å². The summed E-state index contributed by atoms with van der Waals surface area (Å²) >= 11 is 3.51. The second kappa shape index (κ2) is 6.30. The highest BCUT2D eigenvalue weighted by Gasteiger charge is 2.20. The molecule has 1 unspecified atom stereocenters. The van der Waals surface area contributed by atoms with Gasteiger partial charge in [-0.25, -0.2) is 0 Å². The van der Waals surface area contributed by atoms with Crippen LogP contribution in [-0.4, -0.2) is 10.1 Å². The van der Waals surface area contributed by atoms with Gasteiger partial charge in [0.05, 0.1) is 6.04 Å². The zero-order valence-electron chi connectivity index (χ0n) is 11.1. The Kier molecular flexibility index (Phi) is 4.71. The summed E-state index contributed by atoms with van der Waals surface area (Å²) in [6.45, 7) is 4.19. The fourth-order valence-corrected chi connectivity index (χ4v) is 2.21. The van der Waals surface area contributed by atoms with Crippen molar-refractivity contribution in [2.45, 2.75) is 32.7 Å². The van der Waals surface area contributed by atoms with Gasteiger partial charge in [-0.3, -0.25) is 0 Å². The van der Waals surface area contributed by atoms with Crippen molar-refractivity contribution in [2.75, 3.05) is 0 Å². The Hall–Kier alpha value is -1.20. The van der Waals surface area contributed by atoms with E-state index in [4.69, 9.17) is 10.3 Å². The highest BCUT2D eigenvalue weighted by molar-refractivity contribution is 9.10. The van der Waals surface area contributed by atoms with Crippen LogP contribution in [0.5, 0.6) is 0 Å². The van der Waals surface area contributed by atoms with Crippen molar-refractivity contribution in [3.05, 3.63) is 46.0 Å². The standard InChI is InChI=1S/C14H18BrN3O/c1-3-9(2)13(16)14-17-12(18-19-14)8-10-6-4-5-7-11(10)15/h4-7,9,13H,3,8,16H2,1-2H3/t9?,13-/m0/s1. The molecular formula is C14H18BrN3O. The highest BCUT2D eigenvalue weighted by atomic mass is 79.9. The van der Waals surface area contributed by atoms with E-state index in [0.717, 1.165) is 16.5 Å². The zero-order chi connectivity index (χ0) is 13.8. The van der Waals surface area contributed by atoms with Crippen LogP contribution < -0.4 is 5.73 Å². The van der Waals surface area contributed by atoms with E-state index in [1.165, 1.54) is 0 Å². The molecule has 1 aromatic carbocycles. The third-order valence-electron chi connectivity index (χ3n) is 3.33. The highest BCUT2D eigenvalue weighted by Crippen LogP contribution is 2.22. The van der Waals surface area contributed by atoms with Crippen molar-refractivity contribution in [1.29, 1.82) is 0 Å². The molecule has 2 rings (SSSR count). The normalized spacial score (nSPS) is 14.3. The molecule has 0 aliphatic heterocycles. The summed E-state index contributed by atoms with van der Waals surface area (Å²) in [6, 6.07) is 7.82. The summed E-state index contributed by atoms with van der Waals surface area (Å²) in [5.74, 6) is 1.52. The first-order valence-electron chi connectivity index (χ1n) is 6.43. The molecule has 2 atom stereocenters. The van der Waals surface area contributed by atoms with Gasteiger partial charge < -0.3 is 10.3 Å². The Morgan fingerprint density at radius 3 is 2.79 bits per heavy atom. The number of halogens is 1. The molecule has 5 heteroatoms. The Balaban J connectivity index is 2.12. The molecule has 2 N–H and O–H groups in total. The summed E-state index contributed by atoms with van der Waals surface area (Å²) in [4.78, 5) is 4.39. The fourth-order valence-electron chi connectivity index (χ4n) is 1.78. The summed E-state index contributed by atoms with van der Waals surface area (Å²) in [7, 11) is 0. The molecule has 2 aromatic rings. The molecule has 0 fully saturated rings. The van der Waals surface area contributed by atoms with E-state index in [1.807, 2.05) is 24.3 Å². The number of hydrogen-bond acceptors (Lipinski definition) is 4. The van der Waals surface area contributed by atoms with Gasteiger partial charge in [0.15, 0.2) is 5.82 Å². The average Bonchev–Trinajstić information content (AvgIpc) is 2.88. The second-order valence-electron chi connectivity index (χ2n) is 4.73. The van der Waals surface area contributed by atoms with Gasteiger partial charge >= 0.3 is 0 Å². The number of benzene rings is 1. The fraction of sp³-hybridized carbons (Fsp3) is 0.429. The van der Waals surface area contributed by atoms with Crippen molar-refractivity contribution in [3.63, 3.8) is 0 Å². The van der Waals surface area contributed by atoms with Gasteiger partial charge in [-0.15, -0.1) is 0 Å². The zero-order valence-corrected chi connectivity index (χ0v) is 12.7. The SMILES string of the molecule is CCC(C)[C@H](N)c1nc(Cc2ccccc2Br)no1. The number of hydrogen-bond donors (Lipinski definition) is 1. The maximum atomic E-state index is 6.08. The van der Waals surface area contributed by atoms with E-state index >= 15 is 0 Å². The molecule has 0 spiro atoms. The molecule has 102 valence electrons. The van der Waals surface area contributed by atoms with Crippen molar-refractivity contribution < 1.29 is 4.52 Å². The maximum absolute atomic E-state index is 6.08. The number of rotatable bonds is 5. The number of nitrogens with zero attached hydrogens (tertiary/aromatic N) is 2. The van der Waals surface area contributed by atoms with E-state index in [0.29, 0.717) is 24.1 Å². The van der Waals surface area contributed by atoms with Gasteiger partial charge in [0.25, 0.3) is 0 Å². The lowest BCUT2D eigenvalue weighted by Gasteiger charge is -2.12. The van der Waals surface area contributed by atoms with Gasteiger partial charge in [-0.05, 0) is 17.5 Å². The lowest BCUT2D eigenvalue weighted by Crippen LogP contribution is -2.18. The van der Waals surface area contributed by atoms with Gasteiger partial charge in [0.2, 0.25) is 5.89 Å². The minimum Gasteiger partial charge on any atom is -0.338 e. The van der Waals surface area contributed by atoms with Crippen LogP contribution in [-0.2, 0) is 6.42 Å². The van der Waals surface area contributed by atoms with E-state index in [1.54, 1.807) is 0 Å². The van der Waals surface area contributed by atoms with E-state index < -0.39 is 0 Å². The molecule has 0 aliphatic carbocycles. The smallest absolute Gasteiger partial charge is 0.243 e. The lowest BCUT2D eigenvalue weighted by atomic mass is 10.0. The van der Waals surface area contributed by atoms with Gasteiger partial charge in [-0.2, -0.15) is 4.98 Å². The van der Waals surface area contributed by atoms with E-state index in [2.05, 4.69) is 39.9 Å². The molecule has 1 heterocycles. The Bertz CT molecular complexity index is 541. The van der Waals surface area contributed by atoms with Gasteiger partial charge in [0, 0.05) is 10.9 Å². The van der Waals surface area contributed by atoms with Crippen LogP contribution in [0, 0.1) is 5.92 Å². The summed E-state index contributed by atoms with van der Waals surface area (Å²) in [5, 5.41) is 4.00. The first-order chi connectivity index (χ1) is 9.11. The Labute approximate surface area is 121 Å². The Morgan fingerprint density at radius 2 is 2.11 bits per heavy atom. The third kappa shape index (κ3) is 3.42. The van der Waals surface area contributed by atoms with Crippen molar-refractivity contribution in [3.8, 4) is 0 Å². The minimum atomic E-state index is -0.189. The molecular weight excluding hydrogens is 306 g/mol. The van der Waals surface area contributed by atoms with Crippen LogP contribution in [0.15, 0.2) is 33.3 Å². The van der Waals surface area contributed by atoms with Crippen molar-refractivity contribution in [1.82, 2.24) is 10.1 Å². The first kappa shape index (κ1) is 14.2. The summed E-state index contributed by atoms with van der Waals surface area (Å²) < 4.78 is 6.31. The van der Waals surface area contributed by atoms with Gasteiger partial charge in [0.1, 0.15) is 0 Å². The molecule has 1 aromatic heterocycles. The number of nitrogens with two attached hydrogens (primary N) is 1. The second-order valence-corrected chi connectivity index (χ2v) is 5.58. The molecule has 0 radical (unpaired) electrons. The molecule has 0 saturated heterocycles. The first-order valence-corrected chi connectivity index (χ1v) is 7.22. The summed E-state index contributed by atoms with van der Waals surface area (Å²) in [5.41, 5.74) is 7.21. The lowest BCUT2D eigenvalue weighted by molar-refractivity contribution is 0.310. The average molecular weight is 324 g/mol. The Morgan fingerprint density at radius 1 is 1.37 bits per heavy atom. The van der Waals surface area contributed by atoms with Crippen molar-refractivity contribution in [2.24, 2.45) is 11.7 Å². The molecule has 0 bridgehead atoms. The predicted octanol–water partition coefficient (Wildman–Crippen LogP) is 3.47. The summed E-state index contributed by atoms with van der Waals surface area (Å²) in [6.07, 6.45) is 1.63. The predicted molar refractivity (Wildman–Crippen MR) is 77.6 cm³/mol. The van der Waals surface area contributed by atoms with Crippen LogP contribution >= 0.6 is 15.9 Å². The monoisotopic (exact) mass is 323 g/mol. The molecule has 19 heavy (non-hydrogen) atoms.